The molecule has 2 aromatic rings. The number of carbonyl (C=O) groups is 1. The first-order valence-electron chi connectivity index (χ1n) is 14.1. The van der Waals surface area contributed by atoms with E-state index >= 15 is 0 Å². The van der Waals surface area contributed by atoms with Gasteiger partial charge in [0.2, 0.25) is 0 Å². The third-order valence-corrected chi connectivity index (χ3v) is 10.2. The highest BCUT2D eigenvalue weighted by molar-refractivity contribution is 8.26. The summed E-state index contributed by atoms with van der Waals surface area (Å²) in [5.74, 6) is 3.36. The molecule has 2 heterocycles. The molecule has 1 N–H and O–H groups in total. The van der Waals surface area contributed by atoms with E-state index in [-0.39, 0.29) is 24.3 Å². The van der Waals surface area contributed by atoms with E-state index in [1.165, 1.54) is 68.1 Å². The fraction of sp³-hybridized carbons (Fsp3) is 0.533. The molecule has 214 valence electrons. The number of alkyl halides is 3. The normalized spacial score (nSPS) is 28.8. The molecule has 10 heteroatoms. The zero-order valence-corrected chi connectivity index (χ0v) is 23.6. The highest BCUT2D eigenvalue weighted by Gasteiger charge is 2.53. The summed E-state index contributed by atoms with van der Waals surface area (Å²) in [6.07, 6.45) is 6.19. The van der Waals surface area contributed by atoms with Gasteiger partial charge >= 0.3 is 6.36 Å². The Morgan fingerprint density at radius 3 is 2.35 bits per heavy atom. The molecule has 0 atom stereocenters. The van der Waals surface area contributed by atoms with Crippen LogP contribution in [0, 0.1) is 23.7 Å². The molecule has 1 amide bonds. The van der Waals surface area contributed by atoms with Crippen molar-refractivity contribution in [3.8, 4) is 17.1 Å². The Morgan fingerprint density at radius 2 is 1.73 bits per heavy atom. The second kappa shape index (κ2) is 11.2. The highest BCUT2D eigenvalue weighted by Crippen LogP contribution is 2.56. The Balaban J connectivity index is 1.25. The standard InChI is InChI=1S/C30H32F3NO4S2/c31-30(32,33)38-23-7-5-19(6-8-23)24-15-20(4-2-1-3-9-35)25(37-24)16-26-28(36)34(29(39)40-26)27-21-11-17-10-18(13-21)14-22(27)12-17/h5-8,15-18,21-22,27,35H,1-4,9-14H2/b26-16-. The first-order chi connectivity index (χ1) is 19.2. The lowest BCUT2D eigenvalue weighted by Crippen LogP contribution is -2.57. The average Bonchev–Trinajstić information content (AvgIpc) is 3.41. The van der Waals surface area contributed by atoms with Crippen LogP contribution in [0.2, 0.25) is 0 Å². The van der Waals surface area contributed by atoms with Crippen LogP contribution in [0.1, 0.15) is 62.7 Å². The summed E-state index contributed by atoms with van der Waals surface area (Å²) in [7, 11) is 0. The van der Waals surface area contributed by atoms with E-state index in [2.05, 4.69) is 4.74 Å². The van der Waals surface area contributed by atoms with Crippen molar-refractivity contribution in [1.29, 1.82) is 0 Å². The molecule has 1 aliphatic heterocycles. The summed E-state index contributed by atoms with van der Waals surface area (Å²) in [5, 5.41) is 9.15. The van der Waals surface area contributed by atoms with Gasteiger partial charge in [0.1, 0.15) is 21.6 Å². The molecule has 0 spiro atoms. The smallest absolute Gasteiger partial charge is 0.456 e. The molecule has 5 aliphatic rings. The van der Waals surface area contributed by atoms with Crippen LogP contribution in [0.5, 0.6) is 5.75 Å². The fourth-order valence-electron chi connectivity index (χ4n) is 7.50. The van der Waals surface area contributed by atoms with Gasteiger partial charge in [0.05, 0.1) is 4.91 Å². The Labute approximate surface area is 241 Å². The van der Waals surface area contributed by atoms with Gasteiger partial charge < -0.3 is 14.3 Å². The van der Waals surface area contributed by atoms with Crippen molar-refractivity contribution in [3.63, 3.8) is 0 Å². The number of furan rings is 1. The highest BCUT2D eigenvalue weighted by atomic mass is 32.2. The number of unbranched alkanes of at least 4 members (excludes halogenated alkanes) is 2. The molecule has 4 saturated carbocycles. The molecule has 0 radical (unpaired) electrons. The number of hydrogen-bond donors (Lipinski definition) is 1. The van der Waals surface area contributed by atoms with Crippen molar-refractivity contribution in [3.05, 3.63) is 46.6 Å². The van der Waals surface area contributed by atoms with Crippen molar-refractivity contribution < 1.29 is 32.2 Å². The number of aliphatic hydroxyl groups is 1. The number of nitrogens with zero attached hydrogens (tertiary/aromatic N) is 1. The van der Waals surface area contributed by atoms with E-state index in [9.17, 15) is 18.0 Å². The van der Waals surface area contributed by atoms with Crippen molar-refractivity contribution in [2.75, 3.05) is 6.61 Å². The second-order valence-electron chi connectivity index (χ2n) is 11.6. The lowest BCUT2D eigenvalue weighted by Gasteiger charge is -2.56. The summed E-state index contributed by atoms with van der Waals surface area (Å²) in [6, 6.07) is 7.61. The summed E-state index contributed by atoms with van der Waals surface area (Å²) in [6.45, 7) is 0.128. The van der Waals surface area contributed by atoms with Crippen LogP contribution < -0.4 is 4.74 Å². The molecule has 5 nitrogen and oxygen atoms in total. The molecule has 0 unspecified atom stereocenters. The number of aryl methyl sites for hydroxylation is 1. The molecule has 4 bridgehead atoms. The maximum Gasteiger partial charge on any atom is 0.573 e. The first-order valence-corrected chi connectivity index (χ1v) is 15.3. The number of carbonyl (C=O) groups excluding carboxylic acids is 1. The van der Waals surface area contributed by atoms with E-state index in [0.717, 1.165) is 30.2 Å². The van der Waals surface area contributed by atoms with E-state index in [4.69, 9.17) is 21.7 Å². The Morgan fingerprint density at radius 1 is 1.05 bits per heavy atom. The number of thioether (sulfide) groups is 1. The molecule has 1 aromatic carbocycles. The SMILES string of the molecule is O=C1/C(=C/c2oc(-c3ccc(OC(F)(F)F)cc3)cc2CCCCCO)SC(=S)N1C1C2CC3CC(C2)CC1C3. The van der Waals surface area contributed by atoms with Crippen LogP contribution >= 0.6 is 24.0 Å². The van der Waals surface area contributed by atoms with Gasteiger partial charge in [0.25, 0.3) is 5.91 Å². The number of ether oxygens (including phenoxy) is 1. The van der Waals surface area contributed by atoms with Gasteiger partial charge in [-0.25, -0.2) is 0 Å². The van der Waals surface area contributed by atoms with Crippen molar-refractivity contribution >= 4 is 40.3 Å². The van der Waals surface area contributed by atoms with Gasteiger partial charge in [-0.1, -0.05) is 30.4 Å². The zero-order chi connectivity index (χ0) is 28.0. The van der Waals surface area contributed by atoms with E-state index in [1.807, 2.05) is 11.0 Å². The molecule has 5 fully saturated rings. The third-order valence-electron chi connectivity index (χ3n) is 8.88. The van der Waals surface area contributed by atoms with Gasteiger partial charge in [-0.15, -0.1) is 13.2 Å². The van der Waals surface area contributed by atoms with Crippen molar-refractivity contribution in [2.45, 2.75) is 70.2 Å². The Bertz CT molecular complexity index is 1280. The number of aliphatic hydroxyl groups excluding tert-OH is 1. The number of benzene rings is 1. The van der Waals surface area contributed by atoms with Gasteiger partial charge in [0.15, 0.2) is 0 Å². The van der Waals surface area contributed by atoms with Gasteiger partial charge in [-0.2, -0.15) is 0 Å². The van der Waals surface area contributed by atoms with Gasteiger partial charge in [0, 0.05) is 24.3 Å². The second-order valence-corrected chi connectivity index (χ2v) is 13.3. The predicted octanol–water partition coefficient (Wildman–Crippen LogP) is 7.58. The minimum atomic E-state index is -4.76. The Hall–Kier alpha value is -2.30. The summed E-state index contributed by atoms with van der Waals surface area (Å²) >= 11 is 7.08. The van der Waals surface area contributed by atoms with Crippen LogP contribution in [0.3, 0.4) is 0 Å². The maximum absolute atomic E-state index is 13.8. The summed E-state index contributed by atoms with van der Waals surface area (Å²) in [4.78, 5) is 16.2. The predicted molar refractivity (Wildman–Crippen MR) is 151 cm³/mol. The third kappa shape index (κ3) is 5.72. The molecule has 7 rings (SSSR count). The van der Waals surface area contributed by atoms with Crippen LogP contribution in [0.15, 0.2) is 39.7 Å². The number of rotatable bonds is 9. The lowest BCUT2D eigenvalue weighted by molar-refractivity contribution is -0.274. The minimum Gasteiger partial charge on any atom is -0.456 e. The van der Waals surface area contributed by atoms with Crippen LogP contribution in [-0.4, -0.2) is 39.2 Å². The van der Waals surface area contributed by atoms with Gasteiger partial charge in [-0.3, -0.25) is 9.69 Å². The van der Waals surface area contributed by atoms with Crippen molar-refractivity contribution in [1.82, 2.24) is 4.90 Å². The minimum absolute atomic E-state index is 0.0506. The van der Waals surface area contributed by atoms with Gasteiger partial charge in [-0.05, 0) is 111 Å². The molecular formula is C30H32F3NO4S2. The quantitative estimate of drug-likeness (QED) is 0.184. The summed E-state index contributed by atoms with van der Waals surface area (Å²) in [5.41, 5.74) is 1.51. The number of hydrogen-bond acceptors (Lipinski definition) is 6. The largest absolute Gasteiger partial charge is 0.573 e. The van der Waals surface area contributed by atoms with E-state index in [1.54, 1.807) is 6.08 Å². The van der Waals surface area contributed by atoms with Crippen LogP contribution in [-0.2, 0) is 11.2 Å². The number of halogens is 3. The molecule has 1 saturated heterocycles. The summed E-state index contributed by atoms with van der Waals surface area (Å²) < 4.78 is 48.5. The van der Waals surface area contributed by atoms with E-state index < -0.39 is 6.36 Å². The molecular weight excluding hydrogens is 559 g/mol. The maximum atomic E-state index is 13.8. The molecule has 4 aliphatic carbocycles. The number of thiocarbonyl (C=S) groups is 1. The zero-order valence-electron chi connectivity index (χ0n) is 22.0. The molecule has 1 aromatic heterocycles. The Kier molecular flexibility index (Phi) is 7.78. The topological polar surface area (TPSA) is 62.9 Å². The van der Waals surface area contributed by atoms with Crippen LogP contribution in [0.4, 0.5) is 13.2 Å². The average molecular weight is 592 g/mol. The monoisotopic (exact) mass is 591 g/mol. The fourth-order valence-corrected chi connectivity index (χ4v) is 8.82. The lowest BCUT2D eigenvalue weighted by atomic mass is 9.54. The first kappa shape index (κ1) is 27.8. The van der Waals surface area contributed by atoms with E-state index in [0.29, 0.717) is 51.0 Å². The van der Waals surface area contributed by atoms with Crippen molar-refractivity contribution in [2.24, 2.45) is 23.7 Å². The van der Waals surface area contributed by atoms with Crippen LogP contribution in [0.25, 0.3) is 17.4 Å². The number of amides is 1. The molecule has 40 heavy (non-hydrogen) atoms.